The monoisotopic (exact) mass is 611 g/mol. The van der Waals surface area contributed by atoms with E-state index in [0.717, 1.165) is 19.3 Å². The number of nitrogens with two attached hydrogens (primary N) is 1. The Labute approximate surface area is 242 Å². The second-order valence-electron chi connectivity index (χ2n) is 12.9. The van der Waals surface area contributed by atoms with E-state index in [1.165, 1.54) is 11.9 Å². The predicted octanol–water partition coefficient (Wildman–Crippen LogP) is 6.59. The van der Waals surface area contributed by atoms with E-state index in [9.17, 15) is 0 Å². The Morgan fingerprint density at radius 2 is 2.08 bits per heavy atom. The molecule has 2 saturated heterocycles. The molecule has 0 aromatic carbocycles. The number of hydrogen-bond donors (Lipinski definition) is 1. The first-order valence-corrected chi connectivity index (χ1v) is 20.6. The number of nitrogens with zero attached hydrogens (tertiary/aromatic N) is 4. The molecule has 9 nitrogen and oxygen atoms in total. The van der Waals surface area contributed by atoms with Crippen molar-refractivity contribution in [3.8, 4) is 0 Å². The molecule has 0 radical (unpaired) electrons. The quantitative estimate of drug-likeness (QED) is 0.209. The first-order valence-electron chi connectivity index (χ1n) is 13.7. The van der Waals surface area contributed by atoms with Crippen molar-refractivity contribution in [1.29, 1.82) is 0 Å². The van der Waals surface area contributed by atoms with Crippen LogP contribution in [0.25, 0.3) is 11.2 Å². The van der Waals surface area contributed by atoms with Crippen LogP contribution >= 0.6 is 17.1 Å². The van der Waals surface area contributed by atoms with E-state index >= 15 is 0 Å². The topological polar surface area (TPSA) is 107 Å². The third-order valence-corrected chi connectivity index (χ3v) is 19.3. The van der Waals surface area contributed by atoms with Crippen molar-refractivity contribution in [2.45, 2.75) is 108 Å². The van der Waals surface area contributed by atoms with Crippen LogP contribution in [0, 0.1) is 5.92 Å². The minimum absolute atomic E-state index is 0.0392. The summed E-state index contributed by atoms with van der Waals surface area (Å²) in [7, 11) is -2.01. The van der Waals surface area contributed by atoms with Gasteiger partial charge in [0.05, 0.1) is 25.1 Å². The minimum atomic E-state index is -2.61. The van der Waals surface area contributed by atoms with Crippen molar-refractivity contribution in [2.75, 3.05) is 12.3 Å². The molecule has 1 saturated carbocycles. The van der Waals surface area contributed by atoms with Gasteiger partial charge in [-0.25, -0.2) is 15.0 Å². The van der Waals surface area contributed by atoms with Gasteiger partial charge in [0.1, 0.15) is 24.2 Å². The molecule has 0 amide bonds. The lowest BCUT2D eigenvalue weighted by Gasteiger charge is -2.37. The summed E-state index contributed by atoms with van der Waals surface area (Å²) < 4.78 is 28.5. The summed E-state index contributed by atoms with van der Waals surface area (Å²) in [5.74, 6) is 0.816. The zero-order valence-corrected chi connectivity index (χ0v) is 27.6. The second kappa shape index (κ2) is 10.5. The van der Waals surface area contributed by atoms with Gasteiger partial charge in [0.25, 0.3) is 0 Å². The van der Waals surface area contributed by atoms with Gasteiger partial charge in [-0.2, -0.15) is 0 Å². The molecule has 3 aliphatic rings. The third kappa shape index (κ3) is 5.77. The molecule has 4 heterocycles. The predicted molar refractivity (Wildman–Crippen MR) is 164 cm³/mol. The molecule has 39 heavy (non-hydrogen) atoms. The van der Waals surface area contributed by atoms with Gasteiger partial charge >= 0.3 is 0 Å². The normalized spacial score (nSPS) is 35.4. The van der Waals surface area contributed by atoms with Crippen molar-refractivity contribution in [2.24, 2.45) is 5.92 Å². The van der Waals surface area contributed by atoms with Gasteiger partial charge in [-0.3, -0.25) is 4.57 Å². The molecule has 2 aromatic rings. The van der Waals surface area contributed by atoms with E-state index in [0.29, 0.717) is 35.9 Å². The fourth-order valence-electron chi connectivity index (χ4n) is 5.32. The van der Waals surface area contributed by atoms with Gasteiger partial charge in [0, 0.05) is 11.2 Å². The van der Waals surface area contributed by atoms with Crippen molar-refractivity contribution >= 4 is 54.2 Å². The molecule has 5 rings (SSSR count). The van der Waals surface area contributed by atoms with Gasteiger partial charge in [0.2, 0.25) is 5.69 Å². The third-order valence-electron chi connectivity index (χ3n) is 9.00. The summed E-state index contributed by atoms with van der Waals surface area (Å²) in [5, 5.41) is 0.0805. The molecule has 0 unspecified atom stereocenters. The molecule has 7 atom stereocenters. The Bertz CT molecular complexity index is 1300. The maximum atomic E-state index is 6.80. The number of aromatic nitrogens is 4. The summed E-state index contributed by atoms with van der Waals surface area (Å²) in [6.07, 6.45) is 5.99. The van der Waals surface area contributed by atoms with Crippen molar-refractivity contribution in [3.05, 3.63) is 24.8 Å². The van der Waals surface area contributed by atoms with Crippen LogP contribution in [-0.4, -0.2) is 57.5 Å². The Balaban J connectivity index is 1.38. The molecule has 0 bridgehead atoms. The maximum absolute atomic E-state index is 6.80. The lowest BCUT2D eigenvalue weighted by molar-refractivity contribution is -0.0370. The van der Waals surface area contributed by atoms with Gasteiger partial charge in [-0.05, 0) is 69.0 Å². The maximum Gasteiger partial charge on any atom is 0.248 e. The van der Waals surface area contributed by atoms with Crippen LogP contribution in [0.1, 0.15) is 66.5 Å². The van der Waals surface area contributed by atoms with Crippen molar-refractivity contribution in [1.82, 2.24) is 19.5 Å². The Kier molecular flexibility index (Phi) is 7.94. The molecule has 1 aliphatic carbocycles. The highest BCUT2D eigenvalue weighted by Crippen LogP contribution is 2.76. The van der Waals surface area contributed by atoms with Gasteiger partial charge in [-0.1, -0.05) is 44.3 Å². The van der Waals surface area contributed by atoms with E-state index in [-0.39, 0.29) is 34.3 Å². The number of nitrogen functional groups attached to an aromatic ring is 1. The van der Waals surface area contributed by atoms with Crippen LogP contribution < -0.4 is 5.73 Å². The Morgan fingerprint density at radius 3 is 2.77 bits per heavy atom. The first kappa shape index (κ1) is 29.6. The van der Waals surface area contributed by atoms with E-state index in [2.05, 4.69) is 69.2 Å². The summed E-state index contributed by atoms with van der Waals surface area (Å²) in [6, 6.07) is 0. The number of anilines is 1. The van der Waals surface area contributed by atoms with Crippen LogP contribution in [0.3, 0.4) is 0 Å². The van der Waals surface area contributed by atoms with Gasteiger partial charge in [0.15, 0.2) is 19.8 Å². The summed E-state index contributed by atoms with van der Waals surface area (Å²) in [6.45, 7) is 20.2. The summed E-state index contributed by atoms with van der Waals surface area (Å²) in [5.41, 5.74) is 5.84. The number of ether oxygens (including phenoxy) is 1. The van der Waals surface area contributed by atoms with Gasteiger partial charge < -0.3 is 23.9 Å². The van der Waals surface area contributed by atoms with E-state index < -0.39 is 14.0 Å². The van der Waals surface area contributed by atoms with Crippen LogP contribution in [-0.2, 0) is 30.0 Å². The second-order valence-corrected chi connectivity index (χ2v) is 24.3. The van der Waals surface area contributed by atoms with Crippen LogP contribution in [0.5, 0.6) is 0 Å². The highest BCUT2D eigenvalue weighted by molar-refractivity contribution is 8.68. The van der Waals surface area contributed by atoms with Crippen LogP contribution in [0.15, 0.2) is 24.8 Å². The average Bonchev–Trinajstić information content (AvgIpc) is 3.49. The smallest absolute Gasteiger partial charge is 0.248 e. The van der Waals surface area contributed by atoms with E-state index in [1.807, 2.05) is 4.57 Å². The lowest BCUT2D eigenvalue weighted by Crippen LogP contribution is -2.44. The number of imidazole rings is 1. The first-order chi connectivity index (χ1) is 18.1. The number of allylic oxidation sites excluding steroid dienone is 1. The van der Waals surface area contributed by atoms with Crippen LogP contribution in [0.4, 0.5) is 5.82 Å². The zero-order chi connectivity index (χ0) is 28.4. The number of fused-ring (bicyclic) bond motifs is 2. The van der Waals surface area contributed by atoms with Gasteiger partial charge in [-0.15, -0.1) is 0 Å². The molecule has 216 valence electrons. The molecule has 2 aromatic heterocycles. The fourth-order valence-corrected chi connectivity index (χ4v) is 13.9. The molecule has 2 aliphatic heterocycles. The highest BCUT2D eigenvalue weighted by atomic mass is 32.9. The van der Waals surface area contributed by atoms with E-state index in [1.54, 1.807) is 17.7 Å². The van der Waals surface area contributed by atoms with Crippen LogP contribution in [0.2, 0.25) is 18.1 Å². The number of rotatable bonds is 7. The summed E-state index contributed by atoms with van der Waals surface area (Å²) >= 11 is 7.90. The van der Waals surface area contributed by atoms with Crippen molar-refractivity contribution in [3.63, 3.8) is 0 Å². The highest BCUT2D eigenvalue weighted by Gasteiger charge is 2.55. The molecule has 2 N–H and O–H groups in total. The lowest BCUT2D eigenvalue weighted by atomic mass is 9.77. The van der Waals surface area contributed by atoms with E-state index in [4.69, 9.17) is 35.8 Å². The number of hydrogen-bond acceptors (Lipinski definition) is 10. The van der Waals surface area contributed by atoms with Crippen molar-refractivity contribution < 1.29 is 18.2 Å². The Hall–Kier alpha value is -0.853. The molecular weight excluding hydrogens is 570 g/mol. The molecule has 3 fully saturated rings. The molecular formula is C26H42N5O4PS2Si. The summed E-state index contributed by atoms with van der Waals surface area (Å²) in [4.78, 5) is 12.9. The Morgan fingerprint density at radius 1 is 1.33 bits per heavy atom. The molecule has 0 spiro atoms. The fraction of sp³-hybridized carbons (Fsp3) is 0.731. The standard InChI is InChI=1S/C26H42N5O4PS2Si/c1-16(2)17-9-10-26(6)20(11-17)35-36(37,38-26)34-18-12-21(31-15-30-22-23(27)28-14-29-24(22)31)33-19(18)13-32-39(7,8)25(3,4)5/h14-15,17-21H,1,9-13H2,2-8H3,(H2,27,28,29)/t17-,18-,19+,20+,21+,26+,36+/m0/s1. The zero-order valence-electron chi connectivity index (χ0n) is 24.0. The molecule has 13 heteroatoms. The SMILES string of the molecule is C=C(C)[C@H]1CC[C@@]2(C)S[P@](=S)(O[C@H]3C[C@H](n4cnc5c(N)ncnc54)O[C@@H]3CO[Si](C)(C)C(C)(C)C)O[C@@H]2C1. The largest absolute Gasteiger partial charge is 0.414 e. The minimum Gasteiger partial charge on any atom is -0.414 e. The average molecular weight is 612 g/mol.